The number of halogens is 3. The van der Waals surface area contributed by atoms with Crippen molar-refractivity contribution in [2.45, 2.75) is 26.5 Å². The fraction of sp³-hybridized carbons (Fsp3) is 0.250. The number of aryl methyl sites for hydroxylation is 1. The van der Waals surface area contributed by atoms with Crippen molar-refractivity contribution in [2.24, 2.45) is 0 Å². The van der Waals surface area contributed by atoms with Crippen LogP contribution in [-0.2, 0) is 19.6 Å². The molecule has 0 aliphatic heterocycles. The maximum absolute atomic E-state index is 6.24. The molecule has 30 heavy (non-hydrogen) atoms. The minimum absolute atomic E-state index is 0.487. The average Bonchev–Trinajstić information content (AvgIpc) is 2.72. The van der Waals surface area contributed by atoms with E-state index in [4.69, 9.17) is 32.7 Å². The van der Waals surface area contributed by atoms with Crippen LogP contribution in [0.15, 0.2) is 59.1 Å². The van der Waals surface area contributed by atoms with Crippen molar-refractivity contribution >= 4 is 39.1 Å². The van der Waals surface area contributed by atoms with Crippen molar-refractivity contribution in [1.82, 2.24) is 5.32 Å². The molecule has 0 radical (unpaired) electrons. The summed E-state index contributed by atoms with van der Waals surface area (Å²) in [5, 5.41) is 4.80. The lowest BCUT2D eigenvalue weighted by atomic mass is 10.1. The number of methoxy groups -OCH3 is 1. The van der Waals surface area contributed by atoms with E-state index in [2.05, 4.69) is 46.4 Å². The Morgan fingerprint density at radius 1 is 1.00 bits per heavy atom. The first-order valence-corrected chi connectivity index (χ1v) is 11.2. The summed E-state index contributed by atoms with van der Waals surface area (Å²) < 4.78 is 12.5. The zero-order chi connectivity index (χ0) is 21.5. The van der Waals surface area contributed by atoms with Crippen LogP contribution in [0.4, 0.5) is 0 Å². The van der Waals surface area contributed by atoms with Gasteiger partial charge in [0.05, 0.1) is 11.6 Å². The van der Waals surface area contributed by atoms with Gasteiger partial charge in [-0.15, -0.1) is 0 Å². The van der Waals surface area contributed by atoms with Gasteiger partial charge in [-0.05, 0) is 82.3 Å². The van der Waals surface area contributed by atoms with Crippen LogP contribution >= 0.6 is 39.1 Å². The third-order valence-electron chi connectivity index (χ3n) is 4.84. The molecule has 0 aliphatic rings. The average molecular weight is 509 g/mol. The molecule has 0 heterocycles. The first-order chi connectivity index (χ1) is 14.5. The number of hydrogen-bond donors (Lipinski definition) is 1. The summed E-state index contributed by atoms with van der Waals surface area (Å²) in [7, 11) is 1.65. The highest BCUT2D eigenvalue weighted by Gasteiger charge is 2.12. The van der Waals surface area contributed by atoms with Crippen molar-refractivity contribution in [3.05, 3.63) is 91.4 Å². The van der Waals surface area contributed by atoms with E-state index >= 15 is 0 Å². The normalized spacial score (nSPS) is 10.8. The molecular weight excluding hydrogens is 485 g/mol. The lowest BCUT2D eigenvalue weighted by Gasteiger charge is -2.15. The Morgan fingerprint density at radius 3 is 2.53 bits per heavy atom. The molecule has 0 aliphatic carbocycles. The first kappa shape index (κ1) is 23.0. The van der Waals surface area contributed by atoms with Crippen LogP contribution in [0.5, 0.6) is 11.5 Å². The molecule has 0 aromatic heterocycles. The van der Waals surface area contributed by atoms with Crippen LogP contribution < -0.4 is 14.8 Å². The van der Waals surface area contributed by atoms with E-state index in [1.807, 2.05) is 30.3 Å². The molecule has 1 N–H and O–H groups in total. The third kappa shape index (κ3) is 6.14. The molecule has 3 nitrogen and oxygen atoms in total. The quantitative estimate of drug-likeness (QED) is 0.316. The molecule has 158 valence electrons. The van der Waals surface area contributed by atoms with Gasteiger partial charge in [-0.1, -0.05) is 53.5 Å². The summed E-state index contributed by atoms with van der Waals surface area (Å²) in [5.41, 5.74) is 4.53. The Morgan fingerprint density at radius 2 is 1.80 bits per heavy atom. The number of ether oxygens (including phenoxy) is 2. The van der Waals surface area contributed by atoms with E-state index in [0.717, 1.165) is 34.1 Å². The standard InChI is InChI=1S/C24H24BrCl2NO2/c1-16-5-3-4-6-19(16)15-30-24-21(25)11-17(12-23(24)29-2)14-28-10-9-18-7-8-20(26)13-22(18)27/h3-8,11-13,28H,9-10,14-15H2,1-2H3. The van der Waals surface area contributed by atoms with Crippen LogP contribution in [0.2, 0.25) is 10.0 Å². The summed E-state index contributed by atoms with van der Waals surface area (Å²) in [6, 6.07) is 17.8. The van der Waals surface area contributed by atoms with Crippen molar-refractivity contribution in [3.63, 3.8) is 0 Å². The number of nitrogens with one attached hydrogen (secondary N) is 1. The zero-order valence-electron chi connectivity index (χ0n) is 17.0. The predicted molar refractivity (Wildman–Crippen MR) is 128 cm³/mol. The van der Waals surface area contributed by atoms with Crippen molar-refractivity contribution in [3.8, 4) is 11.5 Å². The van der Waals surface area contributed by atoms with Gasteiger partial charge in [0, 0.05) is 16.6 Å². The largest absolute Gasteiger partial charge is 0.493 e. The molecule has 3 aromatic rings. The van der Waals surface area contributed by atoms with Gasteiger partial charge in [-0.3, -0.25) is 0 Å². The van der Waals surface area contributed by atoms with Gasteiger partial charge in [0.2, 0.25) is 0 Å². The Labute approximate surface area is 196 Å². The maximum atomic E-state index is 6.24. The minimum atomic E-state index is 0.487. The Hall–Kier alpha value is -1.72. The topological polar surface area (TPSA) is 30.5 Å². The van der Waals surface area contributed by atoms with E-state index in [-0.39, 0.29) is 0 Å². The van der Waals surface area contributed by atoms with Crippen LogP contribution in [0.25, 0.3) is 0 Å². The van der Waals surface area contributed by atoms with Gasteiger partial charge in [0.25, 0.3) is 0 Å². The maximum Gasteiger partial charge on any atom is 0.175 e. The summed E-state index contributed by atoms with van der Waals surface area (Å²) >= 11 is 15.8. The molecule has 0 atom stereocenters. The van der Waals surface area contributed by atoms with Crippen LogP contribution in [-0.4, -0.2) is 13.7 Å². The lowest BCUT2D eigenvalue weighted by molar-refractivity contribution is 0.281. The van der Waals surface area contributed by atoms with Gasteiger partial charge in [0.15, 0.2) is 11.5 Å². The number of rotatable bonds is 9. The summed E-state index contributed by atoms with van der Waals surface area (Å²) in [6.45, 7) is 4.07. The summed E-state index contributed by atoms with van der Waals surface area (Å²) in [5.74, 6) is 1.41. The SMILES string of the molecule is COc1cc(CNCCc2ccc(Cl)cc2Cl)cc(Br)c1OCc1ccccc1C. The third-order valence-corrected chi connectivity index (χ3v) is 6.01. The van der Waals surface area contributed by atoms with E-state index < -0.39 is 0 Å². The van der Waals surface area contributed by atoms with Gasteiger partial charge >= 0.3 is 0 Å². The molecule has 0 saturated heterocycles. The van der Waals surface area contributed by atoms with Crippen molar-refractivity contribution < 1.29 is 9.47 Å². The second-order valence-electron chi connectivity index (χ2n) is 6.99. The molecule has 0 fully saturated rings. The first-order valence-electron chi connectivity index (χ1n) is 9.66. The van der Waals surface area contributed by atoms with Gasteiger partial charge in [-0.2, -0.15) is 0 Å². The molecule has 3 rings (SSSR count). The lowest BCUT2D eigenvalue weighted by Crippen LogP contribution is -2.17. The molecular formula is C24H24BrCl2NO2. The minimum Gasteiger partial charge on any atom is -0.493 e. The molecule has 3 aromatic carbocycles. The fourth-order valence-corrected chi connectivity index (χ4v) is 4.22. The van der Waals surface area contributed by atoms with Crippen molar-refractivity contribution in [1.29, 1.82) is 0 Å². The molecule has 0 amide bonds. The second-order valence-corrected chi connectivity index (χ2v) is 8.68. The van der Waals surface area contributed by atoms with Crippen LogP contribution in [0.1, 0.15) is 22.3 Å². The highest BCUT2D eigenvalue weighted by molar-refractivity contribution is 9.10. The number of hydrogen-bond acceptors (Lipinski definition) is 3. The van der Waals surface area contributed by atoms with E-state index in [1.165, 1.54) is 5.56 Å². The van der Waals surface area contributed by atoms with Crippen molar-refractivity contribution in [2.75, 3.05) is 13.7 Å². The highest BCUT2D eigenvalue weighted by Crippen LogP contribution is 2.37. The van der Waals surface area contributed by atoms with Gasteiger partial charge < -0.3 is 14.8 Å². The Kier molecular flexibility index (Phi) is 8.46. The Bertz CT molecular complexity index is 1010. The predicted octanol–water partition coefficient (Wildman–Crippen LogP) is 6.98. The van der Waals surface area contributed by atoms with E-state index in [0.29, 0.717) is 34.7 Å². The Balaban J connectivity index is 1.59. The summed E-state index contributed by atoms with van der Waals surface area (Å²) in [6.07, 6.45) is 0.825. The zero-order valence-corrected chi connectivity index (χ0v) is 20.1. The van der Waals surface area contributed by atoms with Crippen LogP contribution in [0.3, 0.4) is 0 Å². The molecule has 0 spiro atoms. The van der Waals surface area contributed by atoms with Gasteiger partial charge in [0.1, 0.15) is 6.61 Å². The van der Waals surface area contributed by atoms with E-state index in [9.17, 15) is 0 Å². The monoisotopic (exact) mass is 507 g/mol. The molecule has 0 unspecified atom stereocenters. The highest BCUT2D eigenvalue weighted by atomic mass is 79.9. The summed E-state index contributed by atoms with van der Waals surface area (Å²) in [4.78, 5) is 0. The molecule has 6 heteroatoms. The second kappa shape index (κ2) is 11.1. The van der Waals surface area contributed by atoms with E-state index in [1.54, 1.807) is 13.2 Å². The number of benzene rings is 3. The van der Waals surface area contributed by atoms with Gasteiger partial charge in [-0.25, -0.2) is 0 Å². The fourth-order valence-electron chi connectivity index (χ4n) is 3.12. The molecule has 0 bridgehead atoms. The molecule has 0 saturated carbocycles. The smallest absolute Gasteiger partial charge is 0.175 e. The van der Waals surface area contributed by atoms with Crippen LogP contribution in [0, 0.1) is 6.92 Å².